The molecule has 0 N–H and O–H groups in total. The number of rotatable bonds is 4. The topological polar surface area (TPSA) is 40.6 Å². The third kappa shape index (κ3) is 3.23. The van der Waals surface area contributed by atoms with Crippen molar-refractivity contribution in [3.05, 3.63) is 11.9 Å². The van der Waals surface area contributed by atoms with E-state index in [1.54, 1.807) is 0 Å². The largest absolute Gasteiger partial charge is 0.460 e. The van der Waals surface area contributed by atoms with Crippen LogP contribution in [0.15, 0.2) is 11.9 Å². The second-order valence-corrected chi connectivity index (χ2v) is 8.04. The van der Waals surface area contributed by atoms with Crippen LogP contribution >= 0.6 is 0 Å². The van der Waals surface area contributed by atoms with Gasteiger partial charge in [0.1, 0.15) is 5.82 Å². The van der Waals surface area contributed by atoms with Gasteiger partial charge >= 0.3 is 33.3 Å². The summed E-state index contributed by atoms with van der Waals surface area (Å²) in [6, 6.07) is 0. The van der Waals surface area contributed by atoms with E-state index >= 15 is 0 Å². The Morgan fingerprint density at radius 1 is 0.778 bits per heavy atom. The molecule has 0 amide bonds. The Hall–Kier alpha value is -1.34. The monoisotopic (exact) mass is 434 g/mol. The summed E-state index contributed by atoms with van der Waals surface area (Å²) in [7, 11) is -6.59. The van der Waals surface area contributed by atoms with Crippen molar-refractivity contribution in [2.24, 2.45) is 0 Å². The fraction of sp³-hybridized carbons (Fsp3) is 0.846. The summed E-state index contributed by atoms with van der Waals surface area (Å²) < 4.78 is 142. The maximum absolute atomic E-state index is 14.0. The molecule has 2 aliphatic heterocycles. The fourth-order valence-corrected chi connectivity index (χ4v) is 4.37. The molecule has 14 heteroatoms. The van der Waals surface area contributed by atoms with Gasteiger partial charge in [0.05, 0.1) is 0 Å². The van der Waals surface area contributed by atoms with Gasteiger partial charge in [-0.15, -0.1) is 0 Å². The van der Waals surface area contributed by atoms with Crippen molar-refractivity contribution in [2.75, 3.05) is 19.6 Å². The molecule has 0 atom stereocenters. The lowest BCUT2D eigenvalue weighted by atomic mass is 10.1. The highest BCUT2D eigenvalue weighted by molar-refractivity contribution is 7.90. The zero-order valence-electron chi connectivity index (χ0n) is 13.5. The number of allylic oxidation sites excluding steroid dienone is 1. The number of nitrogens with zero attached hydrogens (tertiary/aromatic N) is 2. The van der Waals surface area contributed by atoms with Gasteiger partial charge in [0, 0.05) is 19.6 Å². The van der Waals surface area contributed by atoms with Crippen LogP contribution < -0.4 is 0 Å². The van der Waals surface area contributed by atoms with Crippen molar-refractivity contribution in [1.29, 1.82) is 0 Å². The fourth-order valence-electron chi connectivity index (χ4n) is 2.83. The molecule has 0 unspecified atom stereocenters. The lowest BCUT2D eigenvalue weighted by Gasteiger charge is -2.42. The molecule has 0 aromatic heterocycles. The van der Waals surface area contributed by atoms with Crippen LogP contribution in [0.3, 0.4) is 0 Å². The first-order valence-electron chi connectivity index (χ1n) is 7.76. The number of hydrogen-bond donors (Lipinski definition) is 0. The molecule has 1 fully saturated rings. The molecule has 2 aliphatic rings. The van der Waals surface area contributed by atoms with Crippen LogP contribution in [0.2, 0.25) is 0 Å². The standard InChI is InChI=1S/C13H15F9N2O2S/c14-10(15,12(18,19)20)11(16,17)13(21,22)27(25,26)24-8-4-7-23-6-3-1-2-5-9(23)24/h5H,1-4,6-8H2. The van der Waals surface area contributed by atoms with E-state index in [0.717, 1.165) is 0 Å². The van der Waals surface area contributed by atoms with Crippen LogP contribution in [-0.4, -0.2) is 60.5 Å². The first-order chi connectivity index (χ1) is 12.1. The van der Waals surface area contributed by atoms with Gasteiger partial charge in [-0.2, -0.15) is 47.9 Å². The summed E-state index contributed by atoms with van der Waals surface area (Å²) in [5.74, 6) is -14.9. The van der Waals surface area contributed by atoms with E-state index in [1.165, 1.54) is 11.0 Å². The summed E-state index contributed by atoms with van der Waals surface area (Å²) in [6.07, 6.45) is -4.73. The van der Waals surface area contributed by atoms with Crippen molar-refractivity contribution < 1.29 is 47.9 Å². The molecule has 2 heterocycles. The second-order valence-electron chi connectivity index (χ2n) is 6.14. The zero-order valence-corrected chi connectivity index (χ0v) is 14.4. The van der Waals surface area contributed by atoms with Crippen molar-refractivity contribution in [3.63, 3.8) is 0 Å². The average molecular weight is 434 g/mol. The smallest absolute Gasteiger partial charge is 0.358 e. The predicted molar refractivity (Wildman–Crippen MR) is 74.6 cm³/mol. The van der Waals surface area contributed by atoms with Gasteiger partial charge in [-0.05, 0) is 31.8 Å². The lowest BCUT2D eigenvalue weighted by Crippen LogP contribution is -2.66. The number of sulfonamides is 1. The summed E-state index contributed by atoms with van der Waals surface area (Å²) in [4.78, 5) is 1.30. The average Bonchev–Trinajstić information content (AvgIpc) is 2.78. The Kier molecular flexibility index (Phi) is 5.38. The molecule has 0 aromatic rings. The van der Waals surface area contributed by atoms with E-state index in [0.29, 0.717) is 12.8 Å². The van der Waals surface area contributed by atoms with Crippen LogP contribution in [-0.2, 0) is 10.0 Å². The van der Waals surface area contributed by atoms with Crippen molar-refractivity contribution in [1.82, 2.24) is 9.21 Å². The van der Waals surface area contributed by atoms with E-state index in [4.69, 9.17) is 0 Å². The van der Waals surface area contributed by atoms with E-state index in [2.05, 4.69) is 0 Å². The van der Waals surface area contributed by atoms with Gasteiger partial charge in [-0.1, -0.05) is 0 Å². The molecule has 27 heavy (non-hydrogen) atoms. The lowest BCUT2D eigenvalue weighted by molar-refractivity contribution is -0.382. The molecular weight excluding hydrogens is 419 g/mol. The Labute approximate surface area is 148 Å². The summed E-state index contributed by atoms with van der Waals surface area (Å²) in [5.41, 5.74) is 0. The Morgan fingerprint density at radius 3 is 1.89 bits per heavy atom. The first-order valence-corrected chi connectivity index (χ1v) is 9.20. The van der Waals surface area contributed by atoms with E-state index in [1.807, 2.05) is 0 Å². The van der Waals surface area contributed by atoms with Gasteiger partial charge in [-0.25, -0.2) is 0 Å². The minimum absolute atomic E-state index is 0.0894. The molecule has 0 radical (unpaired) electrons. The van der Waals surface area contributed by atoms with Crippen LogP contribution in [0.25, 0.3) is 0 Å². The van der Waals surface area contributed by atoms with Gasteiger partial charge in [0.2, 0.25) is 0 Å². The van der Waals surface area contributed by atoms with Gasteiger partial charge in [-0.3, -0.25) is 4.31 Å². The first kappa shape index (κ1) is 22.0. The SMILES string of the molecule is O=S(=O)(N1CCCN2CCCCC=C21)C(F)(F)C(F)(F)C(F)(F)C(F)(F)F. The third-order valence-corrected chi connectivity index (χ3v) is 6.16. The van der Waals surface area contributed by atoms with Crippen LogP contribution in [0, 0.1) is 0 Å². The van der Waals surface area contributed by atoms with Gasteiger partial charge in [0.25, 0.3) is 0 Å². The molecule has 0 bridgehead atoms. The third-order valence-electron chi connectivity index (χ3n) is 4.31. The number of fused-ring (bicyclic) bond motifs is 1. The molecule has 0 saturated carbocycles. The zero-order chi connectivity index (χ0) is 20.9. The molecule has 0 aliphatic carbocycles. The van der Waals surface area contributed by atoms with Crippen LogP contribution in [0.5, 0.6) is 0 Å². The number of halogens is 9. The minimum Gasteiger partial charge on any atom is -0.358 e. The van der Waals surface area contributed by atoms with E-state index in [-0.39, 0.29) is 30.2 Å². The number of alkyl halides is 9. The highest BCUT2D eigenvalue weighted by Crippen LogP contribution is 2.55. The molecule has 158 valence electrons. The van der Waals surface area contributed by atoms with Gasteiger partial charge < -0.3 is 4.90 Å². The summed E-state index contributed by atoms with van der Waals surface area (Å²) in [6.45, 7) is -0.328. The second kappa shape index (κ2) is 6.62. The molecule has 4 nitrogen and oxygen atoms in total. The van der Waals surface area contributed by atoms with Gasteiger partial charge in [0.15, 0.2) is 0 Å². The van der Waals surface area contributed by atoms with Crippen LogP contribution in [0.1, 0.15) is 25.7 Å². The highest BCUT2D eigenvalue weighted by atomic mass is 32.2. The minimum atomic E-state index is -7.26. The highest BCUT2D eigenvalue weighted by Gasteiger charge is 2.86. The van der Waals surface area contributed by atoms with E-state index < -0.39 is 45.7 Å². The maximum Gasteiger partial charge on any atom is 0.460 e. The summed E-state index contributed by atoms with van der Waals surface area (Å²) >= 11 is 0. The Bertz CT molecular complexity index is 703. The predicted octanol–water partition coefficient (Wildman–Crippen LogP) is 3.77. The Balaban J connectivity index is 2.51. The number of hydrogen-bond acceptors (Lipinski definition) is 3. The molecular formula is C13H15F9N2O2S. The molecule has 0 spiro atoms. The van der Waals surface area contributed by atoms with Crippen molar-refractivity contribution in [3.8, 4) is 0 Å². The Morgan fingerprint density at radius 2 is 1.33 bits per heavy atom. The summed E-state index contributed by atoms with van der Waals surface area (Å²) in [5, 5.41) is -6.70. The molecule has 1 saturated heterocycles. The van der Waals surface area contributed by atoms with Crippen molar-refractivity contribution >= 4 is 10.0 Å². The quantitative estimate of drug-likeness (QED) is 0.633. The molecule has 0 aromatic carbocycles. The molecule has 2 rings (SSSR count). The normalized spacial score (nSPS) is 20.9. The van der Waals surface area contributed by atoms with Crippen LogP contribution in [0.4, 0.5) is 39.5 Å². The maximum atomic E-state index is 14.0. The van der Waals surface area contributed by atoms with E-state index in [9.17, 15) is 47.9 Å². The van der Waals surface area contributed by atoms with Crippen molar-refractivity contribution in [2.45, 2.75) is 49.0 Å².